The van der Waals surface area contributed by atoms with Gasteiger partial charge in [-0.05, 0) is 44.0 Å². The van der Waals surface area contributed by atoms with E-state index in [2.05, 4.69) is 11.8 Å². The molecule has 112 valence electrons. The Bertz CT molecular complexity index is 585. The lowest BCUT2D eigenvalue weighted by Gasteiger charge is -2.27. The van der Waals surface area contributed by atoms with Gasteiger partial charge in [-0.25, -0.2) is 0 Å². The van der Waals surface area contributed by atoms with Crippen LogP contribution in [0.4, 0.5) is 0 Å². The van der Waals surface area contributed by atoms with Crippen LogP contribution in [0.25, 0.3) is 0 Å². The van der Waals surface area contributed by atoms with E-state index in [0.29, 0.717) is 12.2 Å². The highest BCUT2D eigenvalue weighted by Gasteiger charge is 2.31. The number of hydrogen-bond donors (Lipinski definition) is 1. The predicted octanol–water partition coefficient (Wildman–Crippen LogP) is 1.59. The summed E-state index contributed by atoms with van der Waals surface area (Å²) >= 11 is 0. The molecule has 2 atom stereocenters. The van der Waals surface area contributed by atoms with Gasteiger partial charge in [-0.1, -0.05) is 11.8 Å². The van der Waals surface area contributed by atoms with Crippen molar-refractivity contribution >= 4 is 5.91 Å². The van der Waals surface area contributed by atoms with Gasteiger partial charge in [0.15, 0.2) is 0 Å². The molecule has 0 radical (unpaired) electrons. The predicted molar refractivity (Wildman–Crippen MR) is 81.1 cm³/mol. The van der Waals surface area contributed by atoms with Crippen molar-refractivity contribution in [1.29, 1.82) is 0 Å². The average molecular weight is 287 g/mol. The van der Waals surface area contributed by atoms with E-state index in [1.165, 1.54) is 0 Å². The molecule has 1 fully saturated rings. The Morgan fingerprint density at radius 1 is 1.52 bits per heavy atom. The molecule has 4 heteroatoms. The zero-order valence-electron chi connectivity index (χ0n) is 12.7. The number of carbonyl (C=O) groups is 1. The molecule has 4 nitrogen and oxygen atoms in total. The summed E-state index contributed by atoms with van der Waals surface area (Å²) in [4.78, 5) is 14.3. The number of aryl methyl sites for hydroxylation is 1. The Labute approximate surface area is 125 Å². The number of hydrogen-bond acceptors (Lipinski definition) is 3. The normalized spacial score (nSPS) is 20.8. The van der Waals surface area contributed by atoms with Gasteiger partial charge in [-0.3, -0.25) is 4.79 Å². The second kappa shape index (κ2) is 6.75. The minimum absolute atomic E-state index is 0.00196. The third-order valence-electron chi connectivity index (χ3n) is 3.93. The number of rotatable bonds is 2. The van der Waals surface area contributed by atoms with Crippen LogP contribution in [0.3, 0.4) is 0 Å². The zero-order valence-corrected chi connectivity index (χ0v) is 12.7. The van der Waals surface area contributed by atoms with Gasteiger partial charge in [-0.2, -0.15) is 0 Å². The van der Waals surface area contributed by atoms with Crippen molar-refractivity contribution in [3.05, 3.63) is 34.9 Å². The highest BCUT2D eigenvalue weighted by atomic mass is 16.5. The SMILES string of the molecule is Cc1cc(C(=O)N(C)C2CCOC2C)ccc1C#CCO. The van der Waals surface area contributed by atoms with Crippen LogP contribution in [0, 0.1) is 18.8 Å². The summed E-state index contributed by atoms with van der Waals surface area (Å²) in [5.74, 6) is 5.50. The molecule has 0 aliphatic carbocycles. The molecule has 1 amide bonds. The molecule has 2 unspecified atom stereocenters. The highest BCUT2D eigenvalue weighted by Crippen LogP contribution is 2.21. The van der Waals surface area contributed by atoms with Crippen molar-refractivity contribution < 1.29 is 14.6 Å². The van der Waals surface area contributed by atoms with Gasteiger partial charge in [-0.15, -0.1) is 0 Å². The maximum Gasteiger partial charge on any atom is 0.253 e. The van der Waals surface area contributed by atoms with Crippen molar-refractivity contribution in [1.82, 2.24) is 4.90 Å². The maximum absolute atomic E-state index is 12.5. The number of benzene rings is 1. The second-order valence-electron chi connectivity index (χ2n) is 5.34. The largest absolute Gasteiger partial charge is 0.384 e. The summed E-state index contributed by atoms with van der Waals surface area (Å²) in [5, 5.41) is 8.73. The first-order valence-corrected chi connectivity index (χ1v) is 7.13. The molecule has 1 N–H and O–H groups in total. The van der Waals surface area contributed by atoms with Crippen LogP contribution in [-0.4, -0.2) is 48.3 Å². The van der Waals surface area contributed by atoms with E-state index in [4.69, 9.17) is 9.84 Å². The molecule has 0 bridgehead atoms. The molecular formula is C17H21NO3. The quantitative estimate of drug-likeness (QED) is 0.840. The van der Waals surface area contributed by atoms with Crippen LogP contribution < -0.4 is 0 Å². The van der Waals surface area contributed by atoms with Gasteiger partial charge in [0.25, 0.3) is 5.91 Å². The van der Waals surface area contributed by atoms with Crippen molar-refractivity contribution in [2.24, 2.45) is 0 Å². The Balaban J connectivity index is 2.17. The van der Waals surface area contributed by atoms with E-state index >= 15 is 0 Å². The summed E-state index contributed by atoms with van der Waals surface area (Å²) in [7, 11) is 1.83. The summed E-state index contributed by atoms with van der Waals surface area (Å²) in [6.45, 7) is 4.46. The maximum atomic E-state index is 12.5. The molecular weight excluding hydrogens is 266 g/mol. The van der Waals surface area contributed by atoms with Crippen molar-refractivity contribution in [2.45, 2.75) is 32.4 Å². The summed E-state index contributed by atoms with van der Waals surface area (Å²) in [6.07, 6.45) is 0.956. The van der Waals surface area contributed by atoms with Gasteiger partial charge in [0.05, 0.1) is 12.1 Å². The second-order valence-corrected chi connectivity index (χ2v) is 5.34. The van der Waals surface area contributed by atoms with Crippen LogP contribution in [-0.2, 0) is 4.74 Å². The third kappa shape index (κ3) is 3.44. The number of likely N-dealkylation sites (N-methyl/N-ethyl adjacent to an activating group) is 1. The molecule has 1 heterocycles. The van der Waals surface area contributed by atoms with E-state index in [1.807, 2.05) is 33.0 Å². The van der Waals surface area contributed by atoms with Gasteiger partial charge < -0.3 is 14.7 Å². The first-order valence-electron chi connectivity index (χ1n) is 7.13. The molecule has 0 saturated carbocycles. The Morgan fingerprint density at radius 2 is 2.29 bits per heavy atom. The lowest BCUT2D eigenvalue weighted by atomic mass is 10.0. The smallest absolute Gasteiger partial charge is 0.253 e. The lowest BCUT2D eigenvalue weighted by Crippen LogP contribution is -2.41. The number of carbonyl (C=O) groups excluding carboxylic acids is 1. The van der Waals surface area contributed by atoms with E-state index in [1.54, 1.807) is 11.0 Å². The molecule has 1 aliphatic heterocycles. The van der Waals surface area contributed by atoms with Crippen molar-refractivity contribution in [3.63, 3.8) is 0 Å². The van der Waals surface area contributed by atoms with Crippen LogP contribution >= 0.6 is 0 Å². The lowest BCUT2D eigenvalue weighted by molar-refractivity contribution is 0.0574. The Morgan fingerprint density at radius 3 is 2.86 bits per heavy atom. The molecule has 1 aromatic carbocycles. The molecule has 0 aromatic heterocycles. The molecule has 1 aliphatic rings. The zero-order chi connectivity index (χ0) is 15.4. The van der Waals surface area contributed by atoms with Crippen LogP contribution in [0.2, 0.25) is 0 Å². The van der Waals surface area contributed by atoms with Gasteiger partial charge in [0.1, 0.15) is 6.61 Å². The van der Waals surface area contributed by atoms with E-state index in [-0.39, 0.29) is 24.7 Å². The van der Waals surface area contributed by atoms with Gasteiger partial charge >= 0.3 is 0 Å². The molecule has 0 spiro atoms. The number of nitrogens with zero attached hydrogens (tertiary/aromatic N) is 1. The minimum Gasteiger partial charge on any atom is -0.384 e. The van der Waals surface area contributed by atoms with Crippen molar-refractivity contribution in [3.8, 4) is 11.8 Å². The van der Waals surface area contributed by atoms with E-state index in [9.17, 15) is 4.79 Å². The molecule has 2 rings (SSSR count). The molecule has 1 saturated heterocycles. The van der Waals surface area contributed by atoms with E-state index < -0.39 is 0 Å². The fraction of sp³-hybridized carbons (Fsp3) is 0.471. The standard InChI is InChI=1S/C17H21NO3/c1-12-11-15(7-6-14(12)5-4-9-19)17(20)18(3)16-8-10-21-13(16)2/h6-7,11,13,16,19H,8-10H2,1-3H3. The number of ether oxygens (including phenoxy) is 1. The van der Waals surface area contributed by atoms with Crippen LogP contribution in [0.15, 0.2) is 18.2 Å². The van der Waals surface area contributed by atoms with Crippen LogP contribution in [0.5, 0.6) is 0 Å². The fourth-order valence-corrected chi connectivity index (χ4v) is 2.65. The molecule has 21 heavy (non-hydrogen) atoms. The number of amides is 1. The summed E-state index contributed by atoms with van der Waals surface area (Å²) < 4.78 is 5.52. The molecule has 1 aromatic rings. The Hall–Kier alpha value is -1.83. The first kappa shape index (κ1) is 15.6. The fourth-order valence-electron chi connectivity index (χ4n) is 2.65. The summed E-state index contributed by atoms with van der Waals surface area (Å²) in [6, 6.07) is 5.59. The third-order valence-corrected chi connectivity index (χ3v) is 3.93. The average Bonchev–Trinajstić information content (AvgIpc) is 2.90. The minimum atomic E-state index is -0.164. The van der Waals surface area contributed by atoms with Crippen molar-refractivity contribution in [2.75, 3.05) is 20.3 Å². The first-order chi connectivity index (χ1) is 10.0. The summed E-state index contributed by atoms with van der Waals surface area (Å²) in [5.41, 5.74) is 2.43. The number of aliphatic hydroxyl groups excluding tert-OH is 1. The van der Waals surface area contributed by atoms with E-state index in [0.717, 1.165) is 17.5 Å². The topological polar surface area (TPSA) is 49.8 Å². The Kier molecular flexibility index (Phi) is 5.00. The highest BCUT2D eigenvalue weighted by molar-refractivity contribution is 5.94. The van der Waals surface area contributed by atoms with Gasteiger partial charge in [0, 0.05) is 24.8 Å². The van der Waals surface area contributed by atoms with Gasteiger partial charge in [0.2, 0.25) is 0 Å². The number of aliphatic hydroxyl groups is 1. The monoisotopic (exact) mass is 287 g/mol. The van der Waals surface area contributed by atoms with Crippen LogP contribution in [0.1, 0.15) is 34.8 Å².